The van der Waals surface area contributed by atoms with Gasteiger partial charge in [-0.3, -0.25) is 9.59 Å². The molecule has 0 unspecified atom stereocenters. The first-order chi connectivity index (χ1) is 12.8. The number of carbonyl (C=O) groups is 2. The zero-order valence-electron chi connectivity index (χ0n) is 14.3. The quantitative estimate of drug-likeness (QED) is 0.518. The van der Waals surface area contributed by atoms with Gasteiger partial charge in [-0.25, -0.2) is 0 Å². The van der Waals surface area contributed by atoms with Crippen LogP contribution in [0.1, 0.15) is 27.5 Å². The molecule has 4 rings (SSSR count). The van der Waals surface area contributed by atoms with Gasteiger partial charge in [0.15, 0.2) is 5.78 Å². The maximum absolute atomic E-state index is 13.0. The summed E-state index contributed by atoms with van der Waals surface area (Å²) in [5, 5.41) is 0. The Morgan fingerprint density at radius 3 is 1.88 bits per heavy atom. The van der Waals surface area contributed by atoms with Crippen molar-refractivity contribution < 1.29 is 9.59 Å². The Kier molecular flexibility index (Phi) is 4.36. The van der Waals surface area contributed by atoms with Crippen LogP contribution in [0.2, 0.25) is 0 Å². The predicted molar refractivity (Wildman–Crippen MR) is 101 cm³/mol. The second kappa shape index (κ2) is 6.96. The number of hydrogen-bond donors (Lipinski definition) is 0. The zero-order valence-corrected chi connectivity index (χ0v) is 14.3. The summed E-state index contributed by atoms with van der Waals surface area (Å²) in [5.41, 5.74) is 2.61. The maximum Gasteiger partial charge on any atom is 0.228 e. The van der Waals surface area contributed by atoms with Crippen molar-refractivity contribution in [3.05, 3.63) is 108 Å². The van der Waals surface area contributed by atoms with E-state index in [1.807, 2.05) is 91.0 Å². The third kappa shape index (κ3) is 3.16. The molecule has 1 saturated heterocycles. The Labute approximate surface area is 152 Å². The highest BCUT2D eigenvalue weighted by molar-refractivity contribution is 6.06. The highest BCUT2D eigenvalue weighted by Crippen LogP contribution is 2.45. The topological polar surface area (TPSA) is 37.1 Å². The van der Waals surface area contributed by atoms with Gasteiger partial charge in [0.25, 0.3) is 0 Å². The molecule has 1 aliphatic rings. The molecule has 0 radical (unpaired) electrons. The number of hydrogen-bond acceptors (Lipinski definition) is 2. The summed E-state index contributed by atoms with van der Waals surface area (Å²) in [6, 6.07) is 28.0. The summed E-state index contributed by atoms with van der Waals surface area (Å²) in [5.74, 6) is -0.0137. The number of Topliss-reactive ketones (excluding diaryl/α,β-unsaturated/α-hetero) is 1. The Bertz CT molecular complexity index is 907. The molecule has 3 aromatic carbocycles. The largest absolute Gasteiger partial charge is 0.320 e. The summed E-state index contributed by atoms with van der Waals surface area (Å²) in [4.78, 5) is 27.6. The molecular formula is C23H19NO2. The molecule has 3 nitrogen and oxygen atoms in total. The van der Waals surface area contributed by atoms with Gasteiger partial charge in [-0.15, -0.1) is 0 Å². The van der Waals surface area contributed by atoms with Crippen LogP contribution in [-0.2, 0) is 11.2 Å². The van der Waals surface area contributed by atoms with Gasteiger partial charge in [0.05, 0.1) is 12.5 Å². The Morgan fingerprint density at radius 1 is 0.731 bits per heavy atom. The van der Waals surface area contributed by atoms with Crippen LogP contribution in [0.3, 0.4) is 0 Å². The Morgan fingerprint density at radius 2 is 1.27 bits per heavy atom. The predicted octanol–water partition coefficient (Wildman–Crippen LogP) is 4.06. The fraction of sp³-hybridized carbons (Fsp3) is 0.130. The minimum absolute atomic E-state index is 0.000801. The molecule has 0 N–H and O–H groups in total. The molecule has 26 heavy (non-hydrogen) atoms. The molecule has 0 aliphatic carbocycles. The number of carbonyl (C=O) groups excluding carboxylic acids is 2. The normalized spacial score (nSPS) is 18.4. The lowest BCUT2D eigenvalue weighted by Crippen LogP contribution is -2.20. The van der Waals surface area contributed by atoms with Crippen molar-refractivity contribution in [3.8, 4) is 0 Å². The molecule has 1 aliphatic heterocycles. The molecular weight excluding hydrogens is 322 g/mol. The van der Waals surface area contributed by atoms with E-state index >= 15 is 0 Å². The minimum atomic E-state index is -0.420. The van der Waals surface area contributed by atoms with Crippen LogP contribution in [-0.4, -0.2) is 22.6 Å². The Balaban J connectivity index is 1.60. The minimum Gasteiger partial charge on any atom is -0.320 e. The average Bonchev–Trinajstić information content (AvgIpc) is 3.45. The van der Waals surface area contributed by atoms with E-state index in [9.17, 15) is 9.59 Å². The van der Waals surface area contributed by atoms with Crippen LogP contribution < -0.4 is 0 Å². The summed E-state index contributed by atoms with van der Waals surface area (Å²) < 4.78 is 0. The molecule has 1 amide bonds. The molecule has 0 spiro atoms. The molecule has 0 bridgehead atoms. The SMILES string of the molecule is O=C(c1ccccc1)[C@@H]1[C@@H](c2ccccc2)N1C(=O)Cc1ccccc1. The maximum atomic E-state index is 13.0. The number of ketones is 1. The first-order valence-corrected chi connectivity index (χ1v) is 8.75. The van der Waals surface area contributed by atoms with Crippen molar-refractivity contribution >= 4 is 11.7 Å². The van der Waals surface area contributed by atoms with Crippen LogP contribution in [0.5, 0.6) is 0 Å². The fourth-order valence-corrected chi connectivity index (χ4v) is 3.44. The first-order valence-electron chi connectivity index (χ1n) is 8.75. The van der Waals surface area contributed by atoms with E-state index in [1.54, 1.807) is 4.90 Å². The van der Waals surface area contributed by atoms with Gasteiger partial charge >= 0.3 is 0 Å². The van der Waals surface area contributed by atoms with Gasteiger partial charge in [0, 0.05) is 5.56 Å². The molecule has 1 fully saturated rings. The summed E-state index contributed by atoms with van der Waals surface area (Å²) in [6.07, 6.45) is 0.308. The van der Waals surface area contributed by atoms with E-state index < -0.39 is 6.04 Å². The standard InChI is InChI=1S/C23H19NO2/c25-20(16-17-10-4-1-5-11-17)24-21(18-12-6-2-7-13-18)22(24)23(26)19-14-8-3-9-15-19/h1-15,21-22H,16H2/t21-,22+,24?/m1/s1. The Hall–Kier alpha value is -3.20. The lowest BCUT2D eigenvalue weighted by Gasteiger charge is -2.05. The van der Waals surface area contributed by atoms with E-state index in [-0.39, 0.29) is 17.7 Å². The second-order valence-corrected chi connectivity index (χ2v) is 6.49. The number of nitrogens with zero attached hydrogens (tertiary/aromatic N) is 1. The van der Waals surface area contributed by atoms with Gasteiger partial charge in [-0.2, -0.15) is 0 Å². The first kappa shape index (κ1) is 16.3. The molecule has 0 aromatic heterocycles. The zero-order chi connectivity index (χ0) is 17.9. The fourth-order valence-electron chi connectivity index (χ4n) is 3.44. The van der Waals surface area contributed by atoms with Crippen molar-refractivity contribution in [2.24, 2.45) is 0 Å². The van der Waals surface area contributed by atoms with E-state index in [0.717, 1.165) is 11.1 Å². The van der Waals surface area contributed by atoms with Crippen molar-refractivity contribution in [2.45, 2.75) is 18.5 Å². The third-order valence-electron chi connectivity index (χ3n) is 4.76. The molecule has 128 valence electrons. The van der Waals surface area contributed by atoms with E-state index in [1.165, 1.54) is 0 Å². The van der Waals surface area contributed by atoms with Crippen molar-refractivity contribution in [2.75, 3.05) is 0 Å². The van der Waals surface area contributed by atoms with Gasteiger partial charge in [0.1, 0.15) is 6.04 Å². The highest BCUT2D eigenvalue weighted by atomic mass is 16.2. The summed E-state index contributed by atoms with van der Waals surface area (Å²) in [6.45, 7) is 0. The van der Waals surface area contributed by atoms with Gasteiger partial charge in [-0.05, 0) is 11.1 Å². The molecule has 2 atom stereocenters. The molecule has 0 saturated carbocycles. The van der Waals surface area contributed by atoms with Crippen molar-refractivity contribution in [3.63, 3.8) is 0 Å². The van der Waals surface area contributed by atoms with Crippen LogP contribution in [0.25, 0.3) is 0 Å². The van der Waals surface area contributed by atoms with Crippen LogP contribution in [0, 0.1) is 0 Å². The lowest BCUT2D eigenvalue weighted by atomic mass is 10.0. The highest BCUT2D eigenvalue weighted by Gasteiger charge is 2.55. The van der Waals surface area contributed by atoms with E-state index in [0.29, 0.717) is 12.0 Å². The van der Waals surface area contributed by atoms with Crippen molar-refractivity contribution in [1.29, 1.82) is 0 Å². The average molecular weight is 341 g/mol. The van der Waals surface area contributed by atoms with Gasteiger partial charge in [0.2, 0.25) is 5.91 Å². The van der Waals surface area contributed by atoms with Crippen LogP contribution in [0.15, 0.2) is 91.0 Å². The van der Waals surface area contributed by atoms with E-state index in [2.05, 4.69) is 0 Å². The smallest absolute Gasteiger partial charge is 0.228 e. The van der Waals surface area contributed by atoms with Crippen molar-refractivity contribution in [1.82, 2.24) is 4.90 Å². The second-order valence-electron chi connectivity index (χ2n) is 6.49. The third-order valence-corrected chi connectivity index (χ3v) is 4.76. The summed E-state index contributed by atoms with van der Waals surface area (Å²) >= 11 is 0. The number of amides is 1. The van der Waals surface area contributed by atoms with Gasteiger partial charge < -0.3 is 4.90 Å². The van der Waals surface area contributed by atoms with E-state index in [4.69, 9.17) is 0 Å². The monoisotopic (exact) mass is 341 g/mol. The number of benzene rings is 3. The van der Waals surface area contributed by atoms with Crippen LogP contribution >= 0.6 is 0 Å². The molecule has 3 heteroatoms. The van der Waals surface area contributed by atoms with Crippen LogP contribution in [0.4, 0.5) is 0 Å². The van der Waals surface area contributed by atoms with Gasteiger partial charge in [-0.1, -0.05) is 91.0 Å². The number of rotatable bonds is 5. The molecule has 3 aromatic rings. The molecule has 1 heterocycles. The lowest BCUT2D eigenvalue weighted by molar-refractivity contribution is -0.125. The summed E-state index contributed by atoms with van der Waals surface area (Å²) in [7, 11) is 0.